The largest absolute Gasteiger partial charge is 0.416 e. The van der Waals surface area contributed by atoms with Crippen molar-refractivity contribution in [1.29, 1.82) is 5.26 Å². The van der Waals surface area contributed by atoms with Gasteiger partial charge in [-0.1, -0.05) is 0 Å². The number of piperazine rings is 1. The van der Waals surface area contributed by atoms with Crippen molar-refractivity contribution in [3.05, 3.63) is 33.9 Å². The molecule has 0 N–H and O–H groups in total. The molecule has 1 aromatic carbocycles. The molecule has 134 valence electrons. The lowest BCUT2D eigenvalue weighted by atomic mass is 10.1. The van der Waals surface area contributed by atoms with E-state index in [0.717, 1.165) is 23.9 Å². The van der Waals surface area contributed by atoms with Gasteiger partial charge in [-0.25, -0.2) is 0 Å². The molecule has 0 aliphatic carbocycles. The van der Waals surface area contributed by atoms with Crippen LogP contribution in [0.3, 0.4) is 0 Å². The maximum atomic E-state index is 12.7. The van der Waals surface area contributed by atoms with Crippen LogP contribution in [0.4, 0.5) is 24.5 Å². The molecule has 0 saturated carbocycles. The Morgan fingerprint density at radius 1 is 1.32 bits per heavy atom. The SMILES string of the molecule is N#CSCC(=O)N1CCN(c2ccc(C(F)(F)F)cc2[N+](=O)[O-])CC1. The second-order valence-corrected chi connectivity index (χ2v) is 5.97. The van der Waals surface area contributed by atoms with Crippen LogP contribution in [-0.2, 0) is 11.0 Å². The number of nitrogens with zero attached hydrogens (tertiary/aromatic N) is 4. The molecule has 0 radical (unpaired) electrons. The average Bonchev–Trinajstić information content (AvgIpc) is 2.58. The predicted molar refractivity (Wildman–Crippen MR) is 85.0 cm³/mol. The lowest BCUT2D eigenvalue weighted by Gasteiger charge is -2.35. The normalized spacial score (nSPS) is 15.0. The Morgan fingerprint density at radius 3 is 2.48 bits per heavy atom. The van der Waals surface area contributed by atoms with Gasteiger partial charge in [0.2, 0.25) is 5.91 Å². The number of hydrogen-bond donors (Lipinski definition) is 0. The molecule has 0 aromatic heterocycles. The number of halogens is 3. The summed E-state index contributed by atoms with van der Waals surface area (Å²) in [5.74, 6) is -0.190. The second-order valence-electron chi connectivity index (χ2n) is 5.21. The van der Waals surface area contributed by atoms with E-state index < -0.39 is 22.4 Å². The molecule has 0 unspecified atom stereocenters. The van der Waals surface area contributed by atoms with Gasteiger partial charge in [0.05, 0.1) is 16.2 Å². The van der Waals surface area contributed by atoms with Crippen LogP contribution in [0.2, 0.25) is 0 Å². The lowest BCUT2D eigenvalue weighted by Crippen LogP contribution is -2.49. The van der Waals surface area contributed by atoms with Gasteiger partial charge in [0.1, 0.15) is 11.1 Å². The number of nitriles is 1. The first kappa shape index (κ1) is 18.9. The molecule has 1 aromatic rings. The summed E-state index contributed by atoms with van der Waals surface area (Å²) in [6.07, 6.45) is -4.66. The van der Waals surface area contributed by atoms with Gasteiger partial charge in [0.25, 0.3) is 5.69 Å². The zero-order chi connectivity index (χ0) is 18.6. The highest BCUT2D eigenvalue weighted by Gasteiger charge is 2.34. The van der Waals surface area contributed by atoms with Crippen molar-refractivity contribution in [3.63, 3.8) is 0 Å². The Hall–Kier alpha value is -2.48. The molecule has 11 heteroatoms. The van der Waals surface area contributed by atoms with Crippen LogP contribution in [0.15, 0.2) is 18.2 Å². The Bertz CT molecular complexity index is 712. The van der Waals surface area contributed by atoms with Crippen LogP contribution < -0.4 is 4.90 Å². The number of hydrogen-bond acceptors (Lipinski definition) is 6. The Labute approximate surface area is 145 Å². The van der Waals surface area contributed by atoms with Crippen LogP contribution in [0.5, 0.6) is 0 Å². The van der Waals surface area contributed by atoms with Gasteiger partial charge in [-0.3, -0.25) is 14.9 Å². The average molecular weight is 374 g/mol. The molecule has 0 atom stereocenters. The highest BCUT2D eigenvalue weighted by Crippen LogP contribution is 2.36. The molecule has 1 fully saturated rings. The maximum absolute atomic E-state index is 12.7. The van der Waals surface area contributed by atoms with E-state index in [2.05, 4.69) is 0 Å². The summed E-state index contributed by atoms with van der Waals surface area (Å²) >= 11 is 0.822. The number of nitro benzene ring substituents is 1. The summed E-state index contributed by atoms with van der Waals surface area (Å²) in [4.78, 5) is 25.2. The first-order valence-corrected chi connectivity index (χ1v) is 8.12. The van der Waals surface area contributed by atoms with Crippen LogP contribution in [0.25, 0.3) is 0 Å². The van der Waals surface area contributed by atoms with Crippen molar-refractivity contribution in [2.45, 2.75) is 6.18 Å². The molecular weight excluding hydrogens is 361 g/mol. The van der Waals surface area contributed by atoms with Gasteiger partial charge in [-0.05, 0) is 23.9 Å². The van der Waals surface area contributed by atoms with Crippen molar-refractivity contribution >= 4 is 29.0 Å². The van der Waals surface area contributed by atoms with Crippen molar-refractivity contribution < 1.29 is 22.9 Å². The molecule has 1 aliphatic heterocycles. The monoisotopic (exact) mass is 374 g/mol. The quantitative estimate of drug-likeness (QED) is 0.457. The van der Waals surface area contributed by atoms with Gasteiger partial charge >= 0.3 is 6.18 Å². The molecule has 1 saturated heterocycles. The number of carbonyl (C=O) groups is 1. The minimum Gasteiger partial charge on any atom is -0.362 e. The third-order valence-electron chi connectivity index (χ3n) is 3.73. The van der Waals surface area contributed by atoms with Crippen molar-refractivity contribution in [1.82, 2.24) is 4.90 Å². The van der Waals surface area contributed by atoms with Crippen molar-refractivity contribution in [3.8, 4) is 5.40 Å². The molecule has 1 aliphatic rings. The summed E-state index contributed by atoms with van der Waals surface area (Å²) in [5.41, 5.74) is -1.60. The third kappa shape index (κ3) is 4.54. The van der Waals surface area contributed by atoms with Gasteiger partial charge < -0.3 is 9.80 Å². The molecule has 1 amide bonds. The molecule has 25 heavy (non-hydrogen) atoms. The number of carbonyl (C=O) groups excluding carboxylic acids is 1. The highest BCUT2D eigenvalue weighted by atomic mass is 32.2. The van der Waals surface area contributed by atoms with Crippen molar-refractivity contribution in [2.75, 3.05) is 36.8 Å². The number of thioether (sulfide) groups is 1. The number of amides is 1. The Morgan fingerprint density at radius 2 is 1.96 bits per heavy atom. The van der Waals surface area contributed by atoms with E-state index in [9.17, 15) is 28.1 Å². The van der Waals surface area contributed by atoms with E-state index in [1.54, 1.807) is 10.3 Å². The third-order valence-corrected chi connectivity index (χ3v) is 4.25. The van der Waals surface area contributed by atoms with Crippen LogP contribution in [0, 0.1) is 20.8 Å². The Balaban J connectivity index is 2.14. The van der Waals surface area contributed by atoms with Gasteiger partial charge in [-0.2, -0.15) is 18.4 Å². The summed E-state index contributed by atoms with van der Waals surface area (Å²) in [6, 6.07) is 2.42. The number of nitro groups is 1. The smallest absolute Gasteiger partial charge is 0.362 e. The standard InChI is InChI=1S/C14H13F3N4O3S/c15-14(16,17)10-1-2-11(12(7-10)21(23)24)19-3-5-20(6-4-19)13(22)8-25-9-18/h1-2,7H,3-6,8H2. The molecule has 0 spiro atoms. The van der Waals surface area contributed by atoms with E-state index in [4.69, 9.17) is 5.26 Å². The fourth-order valence-electron chi connectivity index (χ4n) is 2.50. The van der Waals surface area contributed by atoms with Crippen LogP contribution in [0.1, 0.15) is 5.56 Å². The fraction of sp³-hybridized carbons (Fsp3) is 0.429. The van der Waals surface area contributed by atoms with Crippen molar-refractivity contribution in [2.24, 2.45) is 0 Å². The number of alkyl halides is 3. The summed E-state index contributed by atoms with van der Waals surface area (Å²) in [6.45, 7) is 1.08. The zero-order valence-electron chi connectivity index (χ0n) is 12.8. The number of anilines is 1. The van der Waals surface area contributed by atoms with Gasteiger partial charge in [0, 0.05) is 32.2 Å². The van der Waals surface area contributed by atoms with E-state index in [0.29, 0.717) is 6.07 Å². The number of rotatable bonds is 4. The molecule has 0 bridgehead atoms. The first-order valence-electron chi connectivity index (χ1n) is 7.13. The molecule has 2 rings (SSSR count). The zero-order valence-corrected chi connectivity index (χ0v) is 13.6. The summed E-state index contributed by atoms with van der Waals surface area (Å²) < 4.78 is 38.2. The van der Waals surface area contributed by atoms with E-state index in [1.807, 2.05) is 0 Å². The van der Waals surface area contributed by atoms with Crippen LogP contribution >= 0.6 is 11.8 Å². The highest BCUT2D eigenvalue weighted by molar-refractivity contribution is 8.04. The minimum absolute atomic E-state index is 0.0247. The number of thiocyanates is 1. The Kier molecular flexibility index (Phi) is 5.73. The second kappa shape index (κ2) is 7.60. The maximum Gasteiger partial charge on any atom is 0.416 e. The predicted octanol–water partition coefficient (Wildman–Crippen LogP) is 2.48. The van der Waals surface area contributed by atoms with E-state index >= 15 is 0 Å². The fourth-order valence-corrected chi connectivity index (χ4v) is 2.87. The molecular formula is C14H13F3N4O3S. The lowest BCUT2D eigenvalue weighted by molar-refractivity contribution is -0.384. The van der Waals surface area contributed by atoms with Gasteiger partial charge in [0.15, 0.2) is 0 Å². The number of benzene rings is 1. The first-order chi connectivity index (χ1) is 11.7. The minimum atomic E-state index is -4.66. The van der Waals surface area contributed by atoms with E-state index in [-0.39, 0.29) is 43.5 Å². The molecule has 1 heterocycles. The van der Waals surface area contributed by atoms with Gasteiger partial charge in [-0.15, -0.1) is 0 Å². The van der Waals surface area contributed by atoms with E-state index in [1.165, 1.54) is 4.90 Å². The topological polar surface area (TPSA) is 90.5 Å². The summed E-state index contributed by atoms with van der Waals surface area (Å²) in [5, 5.41) is 21.4. The molecule has 7 nitrogen and oxygen atoms in total. The summed E-state index contributed by atoms with van der Waals surface area (Å²) in [7, 11) is 0. The van der Waals surface area contributed by atoms with Crippen LogP contribution in [-0.4, -0.2) is 47.7 Å².